The molecular formula is C8H3ClF3N2. The van der Waals surface area contributed by atoms with Crippen molar-refractivity contribution in [1.29, 1.82) is 0 Å². The predicted molar refractivity (Wildman–Crippen MR) is 44.7 cm³/mol. The topological polar surface area (TPSA) is 15.4 Å². The molecule has 2 rings (SSSR count). The third-order valence-corrected chi connectivity index (χ3v) is 1.94. The van der Waals surface area contributed by atoms with Crippen molar-refractivity contribution >= 4 is 17.4 Å². The first-order chi connectivity index (χ1) is 6.50. The van der Waals surface area contributed by atoms with Crippen molar-refractivity contribution in [3.8, 4) is 0 Å². The highest BCUT2D eigenvalue weighted by Crippen LogP contribution is 2.34. The van der Waals surface area contributed by atoms with Gasteiger partial charge in [-0.3, -0.25) is 0 Å². The third-order valence-electron chi connectivity index (χ3n) is 1.62. The fourth-order valence-corrected chi connectivity index (χ4v) is 1.20. The average Bonchev–Trinajstić information content (AvgIpc) is 2.83. The molecule has 6 heteroatoms. The second kappa shape index (κ2) is 2.88. The Kier molecular flexibility index (Phi) is 1.92. The van der Waals surface area contributed by atoms with Gasteiger partial charge in [-0.05, 0) is 12.1 Å². The second-order valence-corrected chi connectivity index (χ2v) is 3.00. The van der Waals surface area contributed by atoms with Crippen LogP contribution >= 0.6 is 11.6 Å². The van der Waals surface area contributed by atoms with E-state index in [4.69, 9.17) is 11.6 Å². The quantitative estimate of drug-likeness (QED) is 0.663. The van der Waals surface area contributed by atoms with E-state index < -0.39 is 6.30 Å². The normalized spacial score (nSPS) is 15.4. The minimum Gasteiger partial charge on any atom is -0.149 e. The molecule has 0 bridgehead atoms. The summed E-state index contributed by atoms with van der Waals surface area (Å²) < 4.78 is 36.2. The van der Waals surface area contributed by atoms with Gasteiger partial charge in [0.1, 0.15) is 0 Å². The first-order valence-electron chi connectivity index (χ1n) is 3.62. The zero-order chi connectivity index (χ0) is 10.3. The summed E-state index contributed by atoms with van der Waals surface area (Å²) in [5, 5.41) is 3.34. The number of hydrazone groups is 1. The van der Waals surface area contributed by atoms with Gasteiger partial charge in [-0.15, -0.1) is 23.3 Å². The summed E-state index contributed by atoms with van der Waals surface area (Å²) >= 11 is 5.67. The molecule has 0 unspecified atom stereocenters. The zero-order valence-corrected chi connectivity index (χ0v) is 7.39. The van der Waals surface area contributed by atoms with E-state index in [1.165, 1.54) is 12.1 Å². The lowest BCUT2D eigenvalue weighted by atomic mass is 10.2. The minimum absolute atomic E-state index is 0.0370. The van der Waals surface area contributed by atoms with Gasteiger partial charge in [0.2, 0.25) is 0 Å². The van der Waals surface area contributed by atoms with Crippen molar-refractivity contribution in [2.24, 2.45) is 5.10 Å². The van der Waals surface area contributed by atoms with Gasteiger partial charge in [0.25, 0.3) is 0 Å². The van der Waals surface area contributed by atoms with Crippen molar-refractivity contribution in [2.45, 2.75) is 6.30 Å². The molecule has 0 saturated carbocycles. The molecule has 1 radical (unpaired) electrons. The molecule has 0 saturated heterocycles. The molecule has 0 fully saturated rings. The van der Waals surface area contributed by atoms with Crippen molar-refractivity contribution in [1.82, 2.24) is 5.01 Å². The molecule has 1 aliphatic heterocycles. The number of amidine groups is 1. The van der Waals surface area contributed by atoms with E-state index in [-0.39, 0.29) is 21.4 Å². The van der Waals surface area contributed by atoms with E-state index in [1.54, 1.807) is 6.07 Å². The van der Waals surface area contributed by atoms with Crippen LogP contribution in [0.4, 0.5) is 13.2 Å². The van der Waals surface area contributed by atoms with Gasteiger partial charge in [0.15, 0.2) is 5.84 Å². The van der Waals surface area contributed by atoms with Crippen LogP contribution in [0.15, 0.2) is 23.3 Å². The maximum Gasteiger partial charge on any atom is 0.506 e. The Balaban J connectivity index is 2.22. The van der Waals surface area contributed by atoms with Crippen LogP contribution in [0.1, 0.15) is 5.56 Å². The molecule has 1 aliphatic rings. The monoisotopic (exact) mass is 219 g/mol. The Hall–Kier alpha value is -1.23. The van der Waals surface area contributed by atoms with Crippen LogP contribution in [0, 0.1) is 6.07 Å². The Morgan fingerprint density at radius 3 is 2.64 bits per heavy atom. The highest BCUT2D eigenvalue weighted by molar-refractivity contribution is 6.34. The first kappa shape index (κ1) is 9.33. The predicted octanol–water partition coefficient (Wildman–Crippen LogP) is 2.64. The Bertz CT molecular complexity index is 400. The first-order valence-corrected chi connectivity index (χ1v) is 4.00. The fourth-order valence-electron chi connectivity index (χ4n) is 0.993. The summed E-state index contributed by atoms with van der Waals surface area (Å²) in [6.07, 6.45) is -4.47. The molecule has 0 atom stereocenters. The van der Waals surface area contributed by atoms with Crippen molar-refractivity contribution in [2.75, 3.05) is 0 Å². The molecular weight excluding hydrogens is 217 g/mol. The van der Waals surface area contributed by atoms with Gasteiger partial charge in [-0.2, -0.15) is 0 Å². The van der Waals surface area contributed by atoms with Crippen LogP contribution in [0.5, 0.6) is 0 Å². The molecule has 73 valence electrons. The molecule has 2 nitrogen and oxygen atoms in total. The molecule has 0 amide bonds. The lowest BCUT2D eigenvalue weighted by Gasteiger charge is -2.06. The van der Waals surface area contributed by atoms with Gasteiger partial charge in [-0.1, -0.05) is 23.7 Å². The summed E-state index contributed by atoms with van der Waals surface area (Å²) in [5.41, 5.74) is 0.173. The van der Waals surface area contributed by atoms with E-state index >= 15 is 0 Å². The van der Waals surface area contributed by atoms with E-state index in [0.29, 0.717) is 0 Å². The van der Waals surface area contributed by atoms with Crippen LogP contribution in [0.3, 0.4) is 0 Å². The number of alkyl halides is 3. The summed E-state index contributed by atoms with van der Waals surface area (Å²) in [5.74, 6) is -0.192. The van der Waals surface area contributed by atoms with Crippen molar-refractivity contribution < 1.29 is 13.2 Å². The summed E-state index contributed by atoms with van der Waals surface area (Å²) in [7, 11) is 0. The highest BCUT2D eigenvalue weighted by atomic mass is 35.5. The van der Waals surface area contributed by atoms with Crippen molar-refractivity contribution in [3.63, 3.8) is 0 Å². The molecule has 0 N–H and O–H groups in total. The molecule has 0 aromatic heterocycles. The number of benzene rings is 1. The van der Waals surface area contributed by atoms with E-state index in [2.05, 4.69) is 11.2 Å². The molecule has 0 aliphatic carbocycles. The molecule has 1 aromatic carbocycles. The van der Waals surface area contributed by atoms with E-state index in [1.807, 2.05) is 0 Å². The van der Waals surface area contributed by atoms with Gasteiger partial charge in [0, 0.05) is 5.56 Å². The second-order valence-electron chi connectivity index (χ2n) is 2.60. The maximum atomic E-state index is 12.1. The fraction of sp³-hybridized carbons (Fsp3) is 0.125. The average molecular weight is 220 g/mol. The number of nitrogens with zero attached hydrogens (tertiary/aromatic N) is 2. The van der Waals surface area contributed by atoms with E-state index in [0.717, 1.165) is 0 Å². The molecule has 1 aromatic rings. The van der Waals surface area contributed by atoms with Gasteiger partial charge < -0.3 is 0 Å². The van der Waals surface area contributed by atoms with Crippen LogP contribution in [0.25, 0.3) is 0 Å². The highest BCUT2D eigenvalue weighted by Gasteiger charge is 2.49. The summed E-state index contributed by atoms with van der Waals surface area (Å²) in [4.78, 5) is 0. The summed E-state index contributed by atoms with van der Waals surface area (Å²) in [6.45, 7) is 0. The van der Waals surface area contributed by atoms with Gasteiger partial charge >= 0.3 is 6.30 Å². The van der Waals surface area contributed by atoms with Gasteiger partial charge in [0.05, 0.1) is 5.02 Å². The van der Waals surface area contributed by atoms with Crippen LogP contribution in [-0.4, -0.2) is 17.1 Å². The number of hydrogen-bond donors (Lipinski definition) is 0. The van der Waals surface area contributed by atoms with Gasteiger partial charge in [-0.25, -0.2) is 0 Å². The van der Waals surface area contributed by atoms with Crippen LogP contribution < -0.4 is 0 Å². The number of halogens is 4. The molecule has 1 heterocycles. The number of rotatable bonds is 1. The summed E-state index contributed by atoms with van der Waals surface area (Å²) in [6, 6.07) is 7.16. The Morgan fingerprint density at radius 1 is 1.43 bits per heavy atom. The maximum absolute atomic E-state index is 12.1. The lowest BCUT2D eigenvalue weighted by molar-refractivity contribution is -0.201. The Labute approximate surface area is 82.6 Å². The van der Waals surface area contributed by atoms with E-state index in [9.17, 15) is 13.2 Å². The minimum atomic E-state index is -4.47. The largest absolute Gasteiger partial charge is 0.506 e. The Morgan fingerprint density at radius 2 is 2.14 bits per heavy atom. The molecule has 0 spiro atoms. The van der Waals surface area contributed by atoms with Crippen LogP contribution in [0.2, 0.25) is 5.02 Å². The molecule has 14 heavy (non-hydrogen) atoms. The van der Waals surface area contributed by atoms with Crippen LogP contribution in [-0.2, 0) is 0 Å². The lowest BCUT2D eigenvalue weighted by Crippen LogP contribution is -2.25. The third kappa shape index (κ3) is 1.55. The smallest absolute Gasteiger partial charge is 0.149 e. The standard InChI is InChI=1S/C8H3ClF3N2/c9-6-4-2-1-3-5(6)7-13-14(7)8(10,11)12/h1-2,4H. The zero-order valence-electron chi connectivity index (χ0n) is 6.64. The van der Waals surface area contributed by atoms with Crippen molar-refractivity contribution in [3.05, 3.63) is 34.9 Å². The number of hydrogen-bond acceptors (Lipinski definition) is 2. The SMILES string of the molecule is FC(F)(F)N1N=C1c1[c]cccc1Cl.